The number of carbonyl (C=O) groups excluding carboxylic acids is 1. The summed E-state index contributed by atoms with van der Waals surface area (Å²) in [5.41, 5.74) is 2.62. The molecule has 36 heavy (non-hydrogen) atoms. The molecule has 0 fully saturated rings. The standard InChI is InChI=1S/C27H22F3N3O2S/c28-27(29,30)18-8-4-7-17(13-18)20-9-10-21(35-20)24-31-25(34)23-19-11-12-33(14-16-5-2-1-3-6-16)15-22(19)36-26(23)32-24/h1-10,13,24,32H,11-12,14-15H2,(H,31,34)/t24-/m1/s1. The molecule has 0 bridgehead atoms. The van der Waals surface area contributed by atoms with Gasteiger partial charge in [0.1, 0.15) is 16.5 Å². The number of rotatable bonds is 4. The Kier molecular flexibility index (Phi) is 5.61. The van der Waals surface area contributed by atoms with E-state index in [1.165, 1.54) is 16.5 Å². The van der Waals surface area contributed by atoms with Crippen LogP contribution < -0.4 is 10.6 Å². The molecular weight excluding hydrogens is 487 g/mol. The third kappa shape index (κ3) is 4.29. The van der Waals surface area contributed by atoms with Gasteiger partial charge in [0.15, 0.2) is 6.17 Å². The zero-order chi connectivity index (χ0) is 24.9. The lowest BCUT2D eigenvalue weighted by molar-refractivity contribution is -0.137. The van der Waals surface area contributed by atoms with Gasteiger partial charge in [-0.05, 0) is 41.8 Å². The molecule has 2 N–H and O–H groups in total. The summed E-state index contributed by atoms with van der Waals surface area (Å²) in [6.07, 6.45) is -4.24. The first-order valence-corrected chi connectivity index (χ1v) is 12.4. The van der Waals surface area contributed by atoms with Gasteiger partial charge >= 0.3 is 6.18 Å². The predicted molar refractivity (Wildman–Crippen MR) is 132 cm³/mol. The van der Waals surface area contributed by atoms with Crippen LogP contribution in [0.4, 0.5) is 18.2 Å². The quantitative estimate of drug-likeness (QED) is 0.333. The van der Waals surface area contributed by atoms with Gasteiger partial charge in [-0.1, -0.05) is 42.5 Å². The summed E-state index contributed by atoms with van der Waals surface area (Å²) < 4.78 is 45.2. The molecule has 0 saturated carbocycles. The lowest BCUT2D eigenvalue weighted by Crippen LogP contribution is -2.38. The number of benzene rings is 2. The minimum atomic E-state index is -4.43. The molecule has 2 aliphatic rings. The van der Waals surface area contributed by atoms with Crippen LogP contribution in [0.15, 0.2) is 71.1 Å². The molecule has 5 nitrogen and oxygen atoms in total. The van der Waals surface area contributed by atoms with Crippen LogP contribution in [0.25, 0.3) is 11.3 Å². The summed E-state index contributed by atoms with van der Waals surface area (Å²) >= 11 is 1.58. The Morgan fingerprint density at radius 1 is 1.03 bits per heavy atom. The first kappa shape index (κ1) is 22.9. The van der Waals surface area contributed by atoms with Gasteiger partial charge in [0.25, 0.3) is 5.91 Å². The summed E-state index contributed by atoms with van der Waals surface area (Å²) in [7, 11) is 0. The van der Waals surface area contributed by atoms with Gasteiger partial charge in [-0.25, -0.2) is 0 Å². The number of carbonyl (C=O) groups is 1. The summed E-state index contributed by atoms with van der Waals surface area (Å²) in [6, 6.07) is 18.6. The fraction of sp³-hybridized carbons (Fsp3) is 0.222. The Labute approximate surface area is 209 Å². The highest BCUT2D eigenvalue weighted by atomic mass is 32.1. The van der Waals surface area contributed by atoms with E-state index in [2.05, 4.69) is 27.7 Å². The first-order valence-electron chi connectivity index (χ1n) is 11.6. The van der Waals surface area contributed by atoms with Gasteiger partial charge in [0.2, 0.25) is 0 Å². The number of alkyl halides is 3. The Morgan fingerprint density at radius 2 is 1.86 bits per heavy atom. The highest BCUT2D eigenvalue weighted by Crippen LogP contribution is 2.41. The maximum Gasteiger partial charge on any atom is 0.416 e. The van der Waals surface area contributed by atoms with E-state index in [1.54, 1.807) is 29.5 Å². The van der Waals surface area contributed by atoms with E-state index in [0.717, 1.165) is 48.8 Å². The molecule has 4 heterocycles. The van der Waals surface area contributed by atoms with Crippen molar-refractivity contribution in [1.29, 1.82) is 0 Å². The van der Waals surface area contributed by atoms with E-state index < -0.39 is 17.9 Å². The van der Waals surface area contributed by atoms with Crippen LogP contribution in [0.3, 0.4) is 0 Å². The fourth-order valence-electron chi connectivity index (χ4n) is 4.80. The van der Waals surface area contributed by atoms with Crippen LogP contribution in [0.5, 0.6) is 0 Å². The second kappa shape index (κ2) is 8.83. The summed E-state index contributed by atoms with van der Waals surface area (Å²) in [5, 5.41) is 7.10. The average Bonchev–Trinajstić information content (AvgIpc) is 3.49. The molecule has 2 aliphatic heterocycles. The van der Waals surface area contributed by atoms with Crippen LogP contribution in [-0.2, 0) is 25.7 Å². The molecule has 1 amide bonds. The fourth-order valence-corrected chi connectivity index (χ4v) is 6.12. The molecule has 0 saturated heterocycles. The number of amides is 1. The largest absolute Gasteiger partial charge is 0.457 e. The number of hydrogen-bond donors (Lipinski definition) is 2. The highest BCUT2D eigenvalue weighted by molar-refractivity contribution is 7.16. The Morgan fingerprint density at radius 3 is 2.67 bits per heavy atom. The number of halogens is 3. The minimum absolute atomic E-state index is 0.167. The van der Waals surface area contributed by atoms with Gasteiger partial charge in [0, 0.05) is 30.1 Å². The van der Waals surface area contributed by atoms with Crippen LogP contribution in [0.1, 0.15) is 43.9 Å². The van der Waals surface area contributed by atoms with Gasteiger partial charge in [-0.15, -0.1) is 11.3 Å². The smallest absolute Gasteiger partial charge is 0.416 e. The van der Waals surface area contributed by atoms with Crippen molar-refractivity contribution in [2.24, 2.45) is 0 Å². The number of hydrogen-bond acceptors (Lipinski definition) is 5. The van der Waals surface area contributed by atoms with Gasteiger partial charge in [-0.3, -0.25) is 9.69 Å². The molecule has 184 valence electrons. The zero-order valence-corrected chi connectivity index (χ0v) is 19.9. The molecule has 6 rings (SSSR count). The van der Waals surface area contributed by atoms with E-state index in [0.29, 0.717) is 22.6 Å². The second-order valence-corrected chi connectivity index (χ2v) is 10.1. The van der Waals surface area contributed by atoms with Crippen molar-refractivity contribution in [3.8, 4) is 11.3 Å². The number of nitrogens with one attached hydrogen (secondary N) is 2. The van der Waals surface area contributed by atoms with Gasteiger partial charge in [-0.2, -0.15) is 13.2 Å². The van der Waals surface area contributed by atoms with Crippen LogP contribution in [0.2, 0.25) is 0 Å². The highest BCUT2D eigenvalue weighted by Gasteiger charge is 2.35. The number of thiophene rings is 1. The number of fused-ring (bicyclic) bond motifs is 3. The molecule has 0 unspecified atom stereocenters. The third-order valence-electron chi connectivity index (χ3n) is 6.55. The van der Waals surface area contributed by atoms with Crippen molar-refractivity contribution in [2.45, 2.75) is 31.9 Å². The maximum atomic E-state index is 13.1. The van der Waals surface area contributed by atoms with E-state index >= 15 is 0 Å². The van der Waals surface area contributed by atoms with Crippen LogP contribution in [-0.4, -0.2) is 17.4 Å². The zero-order valence-electron chi connectivity index (χ0n) is 19.1. The van der Waals surface area contributed by atoms with E-state index in [9.17, 15) is 18.0 Å². The molecule has 1 atom stereocenters. The van der Waals surface area contributed by atoms with Crippen molar-refractivity contribution in [3.05, 3.63) is 99.6 Å². The number of anilines is 1. The molecule has 2 aromatic carbocycles. The van der Waals surface area contributed by atoms with Gasteiger partial charge in [0.05, 0.1) is 11.1 Å². The lowest BCUT2D eigenvalue weighted by atomic mass is 10.0. The van der Waals surface area contributed by atoms with Crippen molar-refractivity contribution in [3.63, 3.8) is 0 Å². The molecule has 4 aromatic rings. The molecule has 0 aliphatic carbocycles. The van der Waals surface area contributed by atoms with E-state index in [-0.39, 0.29) is 5.91 Å². The normalized spacial score (nSPS) is 17.8. The Hall–Kier alpha value is -3.56. The third-order valence-corrected chi connectivity index (χ3v) is 7.70. The SMILES string of the molecule is O=C1N[C@@H](c2ccc(-c3cccc(C(F)(F)F)c3)o2)Nc2sc3c(c21)CCN(Cc1ccccc1)C3. The molecular formula is C27H22F3N3O2S. The monoisotopic (exact) mass is 509 g/mol. The Balaban J connectivity index is 1.21. The molecule has 9 heteroatoms. The molecule has 2 aromatic heterocycles. The summed E-state index contributed by atoms with van der Waals surface area (Å²) in [5.74, 6) is 0.568. The predicted octanol–water partition coefficient (Wildman–Crippen LogP) is 6.44. The number of nitrogens with zero attached hydrogens (tertiary/aromatic N) is 1. The molecule has 0 radical (unpaired) electrons. The van der Waals surface area contributed by atoms with E-state index in [4.69, 9.17) is 4.42 Å². The topological polar surface area (TPSA) is 57.5 Å². The summed E-state index contributed by atoms with van der Waals surface area (Å²) in [4.78, 5) is 16.6. The van der Waals surface area contributed by atoms with Crippen molar-refractivity contribution in [1.82, 2.24) is 10.2 Å². The van der Waals surface area contributed by atoms with E-state index in [1.807, 2.05) is 18.2 Å². The van der Waals surface area contributed by atoms with Gasteiger partial charge < -0.3 is 15.1 Å². The first-order chi connectivity index (χ1) is 17.3. The average molecular weight is 510 g/mol. The van der Waals surface area contributed by atoms with Crippen molar-refractivity contribution >= 4 is 22.2 Å². The van der Waals surface area contributed by atoms with Crippen molar-refractivity contribution in [2.75, 3.05) is 11.9 Å². The Bertz CT molecular complexity index is 1430. The molecule has 0 spiro atoms. The second-order valence-electron chi connectivity index (χ2n) is 8.99. The van der Waals surface area contributed by atoms with Crippen molar-refractivity contribution < 1.29 is 22.4 Å². The van der Waals surface area contributed by atoms with Crippen LogP contribution in [0, 0.1) is 0 Å². The minimum Gasteiger partial charge on any atom is -0.457 e. The summed E-state index contributed by atoms with van der Waals surface area (Å²) in [6.45, 7) is 2.51. The lowest BCUT2D eigenvalue weighted by Gasteiger charge is -2.28. The maximum absolute atomic E-state index is 13.1. The van der Waals surface area contributed by atoms with Crippen LogP contribution >= 0.6 is 11.3 Å². The number of furan rings is 1.